The van der Waals surface area contributed by atoms with Crippen LogP contribution in [0.3, 0.4) is 0 Å². The number of carbonyl (C=O) groups is 1. The van der Waals surface area contributed by atoms with Gasteiger partial charge in [0.15, 0.2) is 0 Å². The van der Waals surface area contributed by atoms with E-state index in [2.05, 4.69) is 9.72 Å². The van der Waals surface area contributed by atoms with Gasteiger partial charge < -0.3 is 15.5 Å². The van der Waals surface area contributed by atoms with E-state index in [4.69, 9.17) is 5.73 Å². The molecule has 0 aliphatic carbocycles. The average molecular weight is 394 g/mol. The molecule has 1 aromatic heterocycles. The van der Waals surface area contributed by atoms with Crippen LogP contribution in [0.25, 0.3) is 10.9 Å². The van der Waals surface area contributed by atoms with Crippen LogP contribution in [0.4, 0.5) is 13.2 Å². The molecule has 0 aliphatic heterocycles. The Morgan fingerprint density at radius 1 is 1.19 bits per heavy atom. The van der Waals surface area contributed by atoms with Crippen molar-refractivity contribution in [1.82, 2.24) is 4.98 Å². The van der Waals surface area contributed by atoms with Crippen LogP contribution in [-0.4, -0.2) is 24.1 Å². The summed E-state index contributed by atoms with van der Waals surface area (Å²) in [6.45, 7) is 0. The van der Waals surface area contributed by atoms with E-state index in [1.54, 1.807) is 0 Å². The van der Waals surface area contributed by atoms with Crippen LogP contribution in [0, 0.1) is 0 Å². The number of rotatable bonds is 5. The zero-order chi connectivity index (χ0) is 19.6. The number of carbonyl (C=O) groups excluding carboxylic acids is 1. The fourth-order valence-corrected chi connectivity index (χ4v) is 3.73. The largest absolute Gasteiger partial charge is 0.468 e. The van der Waals surface area contributed by atoms with Crippen molar-refractivity contribution in [1.29, 1.82) is 0 Å². The number of halogens is 3. The van der Waals surface area contributed by atoms with Gasteiger partial charge in [0, 0.05) is 22.2 Å². The Morgan fingerprint density at radius 3 is 2.48 bits per heavy atom. The molecular weight excluding hydrogens is 377 g/mol. The topological polar surface area (TPSA) is 68.1 Å². The smallest absolute Gasteiger partial charge is 0.416 e. The number of aromatic amines is 1. The number of ether oxygens (including phenoxy) is 1. The Bertz CT molecular complexity index is 952. The fourth-order valence-electron chi connectivity index (χ4n) is 2.75. The first kappa shape index (κ1) is 19.3. The molecular formula is C19H17F3N2O2S. The number of methoxy groups -OCH3 is 1. The maximum atomic E-state index is 12.7. The van der Waals surface area contributed by atoms with Crippen molar-refractivity contribution in [2.75, 3.05) is 7.11 Å². The summed E-state index contributed by atoms with van der Waals surface area (Å²) in [5.74, 6) is -0.522. The summed E-state index contributed by atoms with van der Waals surface area (Å²) in [6.07, 6.45) is -4.12. The Balaban J connectivity index is 1.94. The van der Waals surface area contributed by atoms with Crippen molar-refractivity contribution in [2.24, 2.45) is 5.73 Å². The number of hydrogen-bond acceptors (Lipinski definition) is 4. The van der Waals surface area contributed by atoms with Crippen molar-refractivity contribution in [2.45, 2.75) is 28.6 Å². The number of alkyl halides is 3. The van der Waals surface area contributed by atoms with Gasteiger partial charge in [0.2, 0.25) is 0 Å². The van der Waals surface area contributed by atoms with Crippen molar-refractivity contribution in [3.8, 4) is 0 Å². The second-order valence-corrected chi connectivity index (χ2v) is 7.02. The van der Waals surface area contributed by atoms with Gasteiger partial charge in [-0.2, -0.15) is 13.2 Å². The van der Waals surface area contributed by atoms with Gasteiger partial charge in [0.25, 0.3) is 0 Å². The van der Waals surface area contributed by atoms with Gasteiger partial charge in [0.05, 0.1) is 17.7 Å². The number of benzene rings is 2. The van der Waals surface area contributed by atoms with E-state index >= 15 is 0 Å². The number of fused-ring (bicyclic) bond motifs is 1. The van der Waals surface area contributed by atoms with E-state index in [1.807, 2.05) is 24.3 Å². The molecule has 27 heavy (non-hydrogen) atoms. The van der Waals surface area contributed by atoms with Crippen molar-refractivity contribution in [3.63, 3.8) is 0 Å². The second-order valence-electron chi connectivity index (χ2n) is 5.94. The zero-order valence-corrected chi connectivity index (χ0v) is 15.2. The summed E-state index contributed by atoms with van der Waals surface area (Å²) in [5.41, 5.74) is 6.91. The quantitative estimate of drug-likeness (QED) is 0.630. The summed E-state index contributed by atoms with van der Waals surface area (Å²) in [6, 6.07) is 11.6. The highest BCUT2D eigenvalue weighted by molar-refractivity contribution is 7.99. The summed E-state index contributed by atoms with van der Waals surface area (Å²) in [5, 5.41) is 1.64. The molecule has 4 nitrogen and oxygen atoms in total. The van der Waals surface area contributed by atoms with Crippen molar-refractivity contribution in [3.05, 3.63) is 59.7 Å². The number of H-pyrrole nitrogens is 1. The highest BCUT2D eigenvalue weighted by atomic mass is 32.2. The first-order valence-corrected chi connectivity index (χ1v) is 8.89. The molecule has 3 N–H and O–H groups in total. The molecule has 0 bridgehead atoms. The summed E-state index contributed by atoms with van der Waals surface area (Å²) in [7, 11) is 1.27. The minimum Gasteiger partial charge on any atom is -0.468 e. The molecule has 1 atom stereocenters. The Labute approximate surface area is 157 Å². The Morgan fingerprint density at radius 2 is 1.85 bits per heavy atom. The number of nitrogens with two attached hydrogens (primary N) is 1. The maximum Gasteiger partial charge on any atom is 0.416 e. The fraction of sp³-hybridized carbons (Fsp3) is 0.211. The van der Waals surface area contributed by atoms with E-state index in [9.17, 15) is 18.0 Å². The van der Waals surface area contributed by atoms with Crippen molar-refractivity contribution >= 4 is 28.6 Å². The molecule has 0 fully saturated rings. The minimum absolute atomic E-state index is 0.250. The van der Waals surface area contributed by atoms with Gasteiger partial charge >= 0.3 is 12.1 Å². The lowest BCUT2D eigenvalue weighted by atomic mass is 10.1. The number of hydrogen-bond donors (Lipinski definition) is 2. The van der Waals surface area contributed by atoms with E-state index < -0.39 is 23.8 Å². The molecule has 0 aliphatic rings. The van der Waals surface area contributed by atoms with Crippen LogP contribution in [0.15, 0.2) is 58.5 Å². The lowest BCUT2D eigenvalue weighted by Gasteiger charge is -2.11. The second kappa shape index (κ2) is 7.66. The van der Waals surface area contributed by atoms with Gasteiger partial charge in [-0.1, -0.05) is 30.0 Å². The maximum absolute atomic E-state index is 12.7. The molecule has 3 rings (SSSR count). The first-order valence-electron chi connectivity index (χ1n) is 8.07. The van der Waals surface area contributed by atoms with E-state index in [0.29, 0.717) is 4.90 Å². The van der Waals surface area contributed by atoms with E-state index in [0.717, 1.165) is 33.6 Å². The molecule has 0 amide bonds. The monoisotopic (exact) mass is 394 g/mol. The normalized spacial score (nSPS) is 12.9. The SMILES string of the molecule is COC(=O)[C@@H](N)Cc1c(Sc2ccc(C(F)(F)F)cc2)[nH]c2ccccc12. The molecule has 8 heteroatoms. The van der Waals surface area contributed by atoms with Gasteiger partial charge in [0.1, 0.15) is 6.04 Å². The summed E-state index contributed by atoms with van der Waals surface area (Å²) in [4.78, 5) is 15.6. The summed E-state index contributed by atoms with van der Waals surface area (Å²) >= 11 is 1.29. The van der Waals surface area contributed by atoms with Crippen LogP contribution in [0.2, 0.25) is 0 Å². The average Bonchev–Trinajstić information content (AvgIpc) is 2.98. The van der Waals surface area contributed by atoms with E-state index in [-0.39, 0.29) is 6.42 Å². The molecule has 142 valence electrons. The Hall–Kier alpha value is -2.45. The minimum atomic E-state index is -4.37. The third-order valence-corrected chi connectivity index (χ3v) is 5.16. The zero-order valence-electron chi connectivity index (χ0n) is 14.3. The van der Waals surface area contributed by atoms with Crippen LogP contribution < -0.4 is 5.73 Å². The molecule has 0 spiro atoms. The highest BCUT2D eigenvalue weighted by Crippen LogP contribution is 2.36. The Kier molecular flexibility index (Phi) is 5.48. The predicted octanol–water partition coefficient (Wildman–Crippen LogP) is 4.38. The van der Waals surface area contributed by atoms with Crippen LogP contribution in [0.1, 0.15) is 11.1 Å². The number of aromatic nitrogens is 1. The molecule has 0 saturated carbocycles. The first-order chi connectivity index (χ1) is 12.8. The molecule has 1 heterocycles. The number of nitrogens with one attached hydrogen (secondary N) is 1. The van der Waals surface area contributed by atoms with Gasteiger partial charge in [-0.05, 0) is 35.9 Å². The molecule has 0 radical (unpaired) electrons. The molecule has 0 unspecified atom stereocenters. The third-order valence-electron chi connectivity index (χ3n) is 4.10. The van der Waals surface area contributed by atoms with E-state index in [1.165, 1.54) is 31.0 Å². The van der Waals surface area contributed by atoms with Gasteiger partial charge in [-0.25, -0.2) is 0 Å². The molecule has 0 saturated heterocycles. The van der Waals surface area contributed by atoms with Crippen LogP contribution in [-0.2, 0) is 22.1 Å². The van der Waals surface area contributed by atoms with Crippen LogP contribution in [0.5, 0.6) is 0 Å². The lowest BCUT2D eigenvalue weighted by molar-refractivity contribution is -0.142. The highest BCUT2D eigenvalue weighted by Gasteiger charge is 2.30. The summed E-state index contributed by atoms with van der Waals surface area (Å²) < 4.78 is 42.9. The molecule has 3 aromatic rings. The third kappa shape index (κ3) is 4.28. The lowest BCUT2D eigenvalue weighted by Crippen LogP contribution is -2.33. The van der Waals surface area contributed by atoms with Crippen LogP contribution >= 0.6 is 11.8 Å². The van der Waals surface area contributed by atoms with Gasteiger partial charge in [-0.3, -0.25) is 4.79 Å². The van der Waals surface area contributed by atoms with Crippen molar-refractivity contribution < 1.29 is 22.7 Å². The number of para-hydroxylation sites is 1. The number of esters is 1. The predicted molar refractivity (Wildman–Crippen MR) is 97.6 cm³/mol. The van der Waals surface area contributed by atoms with Gasteiger partial charge in [-0.15, -0.1) is 0 Å². The standard InChI is InChI=1S/C19H17F3N2O2S/c1-26-18(25)15(23)10-14-13-4-2-3-5-16(13)24-17(14)27-12-8-6-11(7-9-12)19(20,21)22/h2-9,15,24H,10,23H2,1H3/t15-/m0/s1. The molecule has 2 aromatic carbocycles.